The van der Waals surface area contributed by atoms with Crippen LogP contribution in [-0.4, -0.2) is 4.98 Å². The van der Waals surface area contributed by atoms with Gasteiger partial charge in [0, 0.05) is 11.9 Å². The van der Waals surface area contributed by atoms with Crippen LogP contribution in [0.2, 0.25) is 0 Å². The van der Waals surface area contributed by atoms with Crippen LogP contribution < -0.4 is 24.8 Å². The molecule has 20 heavy (non-hydrogen) atoms. The van der Waals surface area contributed by atoms with Gasteiger partial charge in [-0.2, -0.15) is 5.56 Å². The monoisotopic (exact) mass is 342 g/mol. The minimum absolute atomic E-state index is 0. The number of hydrogen-bond acceptors (Lipinski definition) is 1. The molecular formula is C16H14Cl2CrN. The van der Waals surface area contributed by atoms with Crippen LogP contribution in [-0.2, 0) is 23.8 Å². The maximum atomic E-state index is 4.36. The number of halogens is 2. The number of hydrogen-bond donors (Lipinski definition) is 0. The summed E-state index contributed by atoms with van der Waals surface area (Å²) < 4.78 is 0. The Balaban J connectivity index is 0.00000120. The van der Waals surface area contributed by atoms with E-state index in [0.717, 1.165) is 12.8 Å². The topological polar surface area (TPSA) is 12.9 Å². The fourth-order valence-electron chi connectivity index (χ4n) is 2.32. The predicted octanol–water partition coefficient (Wildman–Crippen LogP) is -2.37. The van der Waals surface area contributed by atoms with Crippen LogP contribution >= 0.6 is 0 Å². The number of aryl methyl sites for hydroxylation is 1. The van der Waals surface area contributed by atoms with Crippen molar-refractivity contribution in [2.24, 2.45) is 0 Å². The molecule has 3 rings (SSSR count). The van der Waals surface area contributed by atoms with E-state index in [1.54, 1.807) is 0 Å². The molecule has 0 amide bonds. The van der Waals surface area contributed by atoms with Crippen molar-refractivity contribution in [3.8, 4) is 0 Å². The Morgan fingerprint density at radius 2 is 1.75 bits per heavy atom. The molecule has 1 heterocycles. The number of allylic oxidation sites excluding steroid dienone is 1. The summed E-state index contributed by atoms with van der Waals surface area (Å²) in [6, 6.07) is 14.6. The van der Waals surface area contributed by atoms with Crippen LogP contribution in [0.3, 0.4) is 0 Å². The normalized spacial score (nSPS) is 14.5. The number of aromatic nitrogens is 1. The van der Waals surface area contributed by atoms with Crippen LogP contribution in [0.15, 0.2) is 48.7 Å². The molecule has 0 saturated heterocycles. The molecule has 2 aromatic rings. The summed E-state index contributed by atoms with van der Waals surface area (Å²) in [6.45, 7) is 0. The summed E-state index contributed by atoms with van der Waals surface area (Å²) in [5.74, 6) is 0.438. The molecule has 0 saturated carbocycles. The molecule has 1 atom stereocenters. The van der Waals surface area contributed by atoms with Crippen molar-refractivity contribution in [2.75, 3.05) is 0 Å². The first kappa shape index (κ1) is 19.2. The van der Waals surface area contributed by atoms with Gasteiger partial charge in [-0.25, -0.2) is 6.08 Å². The molecule has 1 unspecified atom stereocenters. The third kappa shape index (κ3) is 4.37. The molecular weight excluding hydrogens is 329 g/mol. The van der Waals surface area contributed by atoms with E-state index < -0.39 is 0 Å². The van der Waals surface area contributed by atoms with Gasteiger partial charge in [0.25, 0.3) is 0 Å². The first-order valence-electron chi connectivity index (χ1n) is 6.01. The first-order chi connectivity index (χ1) is 8.43. The van der Waals surface area contributed by atoms with Crippen LogP contribution in [0.25, 0.3) is 6.08 Å². The van der Waals surface area contributed by atoms with Crippen molar-refractivity contribution in [1.29, 1.82) is 0 Å². The second kappa shape index (κ2) is 9.21. The Morgan fingerprint density at radius 3 is 2.50 bits per heavy atom. The summed E-state index contributed by atoms with van der Waals surface area (Å²) in [7, 11) is 0. The van der Waals surface area contributed by atoms with E-state index in [1.165, 1.54) is 16.8 Å². The second-order valence-corrected chi connectivity index (χ2v) is 4.35. The summed E-state index contributed by atoms with van der Waals surface area (Å²) >= 11 is 0. The van der Waals surface area contributed by atoms with Gasteiger partial charge >= 0.3 is 17.4 Å². The molecule has 1 radical (unpaired) electrons. The predicted molar refractivity (Wildman–Crippen MR) is 69.4 cm³/mol. The quantitative estimate of drug-likeness (QED) is 0.568. The van der Waals surface area contributed by atoms with Crippen LogP contribution in [0.1, 0.15) is 29.2 Å². The smallest absolute Gasteiger partial charge is 1.00 e. The number of benzene rings is 1. The van der Waals surface area contributed by atoms with E-state index in [-0.39, 0.29) is 42.2 Å². The standard InChI is InChI=1S/C16H14N.2ClH.Cr/c1-2-7-16-13(5-1)8-9-14(16)10-11-15-6-3-4-12-17-15;;;/h1-8,12,14H,10-11H2;2*1H;/q-1;;;+3/p-2. The third-order valence-corrected chi connectivity index (χ3v) is 3.23. The zero-order chi connectivity index (χ0) is 11.5. The number of rotatable bonds is 3. The van der Waals surface area contributed by atoms with E-state index in [0.29, 0.717) is 5.92 Å². The van der Waals surface area contributed by atoms with Gasteiger partial charge in [-0.1, -0.05) is 36.6 Å². The molecule has 1 aliphatic rings. The fraction of sp³-hybridized carbons (Fsp3) is 0.188. The molecule has 0 N–H and O–H groups in total. The average molecular weight is 343 g/mol. The van der Waals surface area contributed by atoms with Gasteiger partial charge < -0.3 is 24.8 Å². The second-order valence-electron chi connectivity index (χ2n) is 4.35. The van der Waals surface area contributed by atoms with E-state index in [2.05, 4.69) is 47.5 Å². The van der Waals surface area contributed by atoms with E-state index >= 15 is 0 Å². The number of pyridine rings is 1. The van der Waals surface area contributed by atoms with Gasteiger partial charge in [-0.15, -0.1) is 11.6 Å². The maximum absolute atomic E-state index is 4.36. The molecule has 1 aromatic carbocycles. The van der Waals surface area contributed by atoms with Crippen LogP contribution in [0.5, 0.6) is 0 Å². The summed E-state index contributed by atoms with van der Waals surface area (Å²) in [5, 5.41) is 0. The maximum Gasteiger partial charge on any atom is 3.00 e. The van der Waals surface area contributed by atoms with Crippen LogP contribution in [0, 0.1) is 6.08 Å². The van der Waals surface area contributed by atoms with Gasteiger partial charge in [0.2, 0.25) is 0 Å². The van der Waals surface area contributed by atoms with Crippen molar-refractivity contribution in [3.05, 3.63) is 71.6 Å². The van der Waals surface area contributed by atoms with Gasteiger partial charge in [0.1, 0.15) is 0 Å². The number of nitrogens with zero attached hydrogens (tertiary/aromatic N) is 1. The van der Waals surface area contributed by atoms with Crippen molar-refractivity contribution in [1.82, 2.24) is 4.98 Å². The van der Waals surface area contributed by atoms with E-state index in [4.69, 9.17) is 0 Å². The van der Waals surface area contributed by atoms with E-state index in [1.807, 2.05) is 18.3 Å². The average Bonchev–Trinajstić information content (AvgIpc) is 2.81. The molecule has 0 fully saturated rings. The first-order valence-corrected chi connectivity index (χ1v) is 6.01. The molecule has 1 aliphatic carbocycles. The van der Waals surface area contributed by atoms with Crippen molar-refractivity contribution < 1.29 is 42.2 Å². The summed E-state index contributed by atoms with van der Waals surface area (Å²) in [4.78, 5) is 4.36. The van der Waals surface area contributed by atoms with Gasteiger partial charge in [-0.05, 0) is 18.6 Å². The van der Waals surface area contributed by atoms with Crippen molar-refractivity contribution in [2.45, 2.75) is 18.8 Å². The summed E-state index contributed by atoms with van der Waals surface area (Å²) in [5.41, 5.74) is 3.89. The zero-order valence-corrected chi connectivity index (χ0v) is 13.6. The molecule has 1 nitrogen and oxygen atoms in total. The fourth-order valence-corrected chi connectivity index (χ4v) is 2.32. The molecule has 4 heteroatoms. The minimum atomic E-state index is 0. The Kier molecular flexibility index (Phi) is 8.85. The van der Waals surface area contributed by atoms with Crippen molar-refractivity contribution in [3.63, 3.8) is 0 Å². The van der Waals surface area contributed by atoms with Gasteiger partial charge in [0.15, 0.2) is 0 Å². The Labute approximate surface area is 143 Å². The Morgan fingerprint density at radius 1 is 1.00 bits per heavy atom. The largest absolute Gasteiger partial charge is 3.00 e. The van der Waals surface area contributed by atoms with Crippen LogP contribution in [0.4, 0.5) is 0 Å². The third-order valence-electron chi connectivity index (χ3n) is 3.23. The Bertz CT molecular complexity index is 543. The molecule has 103 valence electrons. The zero-order valence-electron chi connectivity index (χ0n) is 10.8. The molecule has 0 spiro atoms. The minimum Gasteiger partial charge on any atom is -1.00 e. The molecule has 0 aliphatic heterocycles. The molecule has 1 aromatic heterocycles. The molecule has 0 bridgehead atoms. The van der Waals surface area contributed by atoms with Crippen molar-refractivity contribution >= 4 is 6.08 Å². The SMILES string of the molecule is [C-]1=Cc2ccccc2C1CCc1ccccn1.[Cl-].[Cl-].[Cr+3]. The Hall–Kier alpha value is -0.778. The number of fused-ring (bicyclic) bond motifs is 1. The van der Waals surface area contributed by atoms with E-state index in [9.17, 15) is 0 Å². The summed E-state index contributed by atoms with van der Waals surface area (Å²) in [6.07, 6.45) is 9.51. The van der Waals surface area contributed by atoms with Gasteiger partial charge in [0.05, 0.1) is 0 Å². The van der Waals surface area contributed by atoms with Gasteiger partial charge in [-0.3, -0.25) is 11.1 Å².